The summed E-state index contributed by atoms with van der Waals surface area (Å²) < 4.78 is 6.61. The quantitative estimate of drug-likeness (QED) is 0.326. The first kappa shape index (κ1) is 24.4. The van der Waals surface area contributed by atoms with Crippen molar-refractivity contribution in [3.8, 4) is 5.75 Å². The number of phenolic OH excluding ortho intramolecular Hbond substituents is 1. The van der Waals surface area contributed by atoms with Gasteiger partial charge < -0.3 is 32.6 Å². The van der Waals surface area contributed by atoms with Crippen molar-refractivity contribution >= 4 is 21.6 Å². The molecule has 5 nitrogen and oxygen atoms in total. The molecule has 4 N–H and O–H groups in total. The van der Waals surface area contributed by atoms with Crippen LogP contribution in [0.15, 0.2) is 47.3 Å². The molecule has 2 aromatic carbocycles. The standard InChI is InChI=1S/C23H30N2O3S.ClH/c26-20-11-10-19(22-21(20)25-23(27)29-22)12-15-24-14-6-1-2-7-16-28-17-13-18-8-4-3-5-9-18;/h3-5,8-11,24,26H,1-2,6-7,12-17H2,(H,25,27);1H. The van der Waals surface area contributed by atoms with Gasteiger partial charge in [0.15, 0.2) is 0 Å². The van der Waals surface area contributed by atoms with E-state index in [2.05, 4.69) is 34.6 Å². The maximum absolute atomic E-state index is 11.6. The number of nitrogens with one attached hydrogen (secondary N) is 1. The van der Waals surface area contributed by atoms with Gasteiger partial charge in [-0.1, -0.05) is 54.2 Å². The predicted molar refractivity (Wildman–Crippen MR) is 119 cm³/mol. The largest absolute Gasteiger partial charge is 1.00 e. The lowest BCUT2D eigenvalue weighted by Crippen LogP contribution is -3.00. The van der Waals surface area contributed by atoms with Crippen LogP contribution in [0.3, 0.4) is 0 Å². The molecular formula is C23H31ClN2O3S. The second-order valence-corrected chi connectivity index (χ2v) is 8.32. The van der Waals surface area contributed by atoms with E-state index in [1.54, 1.807) is 6.07 Å². The number of aromatic amines is 1. The lowest BCUT2D eigenvalue weighted by Gasteiger charge is -2.06. The molecule has 7 heteroatoms. The van der Waals surface area contributed by atoms with Crippen LogP contribution in [-0.2, 0) is 17.6 Å². The van der Waals surface area contributed by atoms with E-state index in [0.29, 0.717) is 5.52 Å². The highest BCUT2D eigenvalue weighted by Gasteiger charge is 2.09. The van der Waals surface area contributed by atoms with Gasteiger partial charge in [0.25, 0.3) is 0 Å². The molecule has 30 heavy (non-hydrogen) atoms. The molecule has 0 amide bonds. The topological polar surface area (TPSA) is 78.9 Å². The Morgan fingerprint density at radius 2 is 1.73 bits per heavy atom. The number of fused-ring (bicyclic) bond motifs is 1. The van der Waals surface area contributed by atoms with E-state index in [1.807, 2.05) is 12.1 Å². The number of phenols is 1. The number of benzene rings is 2. The van der Waals surface area contributed by atoms with Crippen molar-refractivity contribution in [2.45, 2.75) is 38.5 Å². The Bertz CT molecular complexity index is 927. The average molecular weight is 451 g/mol. The number of halogens is 1. The second kappa shape index (κ2) is 13.4. The van der Waals surface area contributed by atoms with E-state index in [1.165, 1.54) is 36.2 Å². The van der Waals surface area contributed by atoms with Crippen molar-refractivity contribution in [2.24, 2.45) is 0 Å². The smallest absolute Gasteiger partial charge is 0.305 e. The molecule has 0 atom stereocenters. The summed E-state index contributed by atoms with van der Waals surface area (Å²) in [6, 6.07) is 14.1. The number of rotatable bonds is 13. The summed E-state index contributed by atoms with van der Waals surface area (Å²) in [4.78, 5) is 14.1. The van der Waals surface area contributed by atoms with Crippen LogP contribution in [0, 0.1) is 0 Å². The van der Waals surface area contributed by atoms with Crippen LogP contribution in [0.1, 0.15) is 36.8 Å². The third-order valence-corrected chi connectivity index (χ3v) is 6.04. The van der Waals surface area contributed by atoms with E-state index in [4.69, 9.17) is 4.74 Å². The fraction of sp³-hybridized carbons (Fsp3) is 0.435. The SMILES string of the molecule is O=c1[nH]c2c(O)ccc(CC[NH2+]CCCCCCOCCc3ccccc3)c2s1.[Cl-]. The Labute approximate surface area is 187 Å². The van der Waals surface area contributed by atoms with Crippen molar-refractivity contribution in [3.05, 3.63) is 63.3 Å². The highest BCUT2D eigenvalue weighted by Crippen LogP contribution is 2.27. The normalized spacial score (nSPS) is 10.9. The summed E-state index contributed by atoms with van der Waals surface area (Å²) in [6.07, 6.45) is 6.69. The minimum atomic E-state index is -0.115. The molecule has 0 aliphatic heterocycles. The third kappa shape index (κ3) is 7.76. The molecule has 1 aromatic heterocycles. The zero-order valence-electron chi connectivity index (χ0n) is 17.2. The van der Waals surface area contributed by atoms with Gasteiger partial charge in [-0.15, -0.1) is 0 Å². The Morgan fingerprint density at radius 3 is 2.57 bits per heavy atom. The van der Waals surface area contributed by atoms with Gasteiger partial charge in [-0.25, -0.2) is 0 Å². The number of aromatic nitrogens is 1. The van der Waals surface area contributed by atoms with Crippen molar-refractivity contribution in [3.63, 3.8) is 0 Å². The van der Waals surface area contributed by atoms with Crippen LogP contribution < -0.4 is 22.6 Å². The Kier molecular flexibility index (Phi) is 10.9. The number of H-pyrrole nitrogens is 1. The van der Waals surface area contributed by atoms with Crippen LogP contribution in [0.5, 0.6) is 5.75 Å². The van der Waals surface area contributed by atoms with Crippen molar-refractivity contribution < 1.29 is 27.6 Å². The first-order valence-corrected chi connectivity index (χ1v) is 11.3. The minimum Gasteiger partial charge on any atom is -1.00 e. The van der Waals surface area contributed by atoms with Gasteiger partial charge >= 0.3 is 4.87 Å². The van der Waals surface area contributed by atoms with Crippen LogP contribution in [-0.4, -0.2) is 36.4 Å². The van der Waals surface area contributed by atoms with Crippen LogP contribution in [0.4, 0.5) is 0 Å². The van der Waals surface area contributed by atoms with Crippen molar-refractivity contribution in [1.29, 1.82) is 0 Å². The molecular weight excluding hydrogens is 420 g/mol. The maximum atomic E-state index is 11.6. The first-order valence-electron chi connectivity index (χ1n) is 10.5. The predicted octanol–water partition coefficient (Wildman–Crippen LogP) is 0.225. The Hall–Kier alpha value is -1.86. The molecule has 3 aromatic rings. The zero-order valence-corrected chi connectivity index (χ0v) is 18.8. The van der Waals surface area contributed by atoms with E-state index in [0.717, 1.165) is 55.8 Å². The Balaban J connectivity index is 0.00000320. The van der Waals surface area contributed by atoms with Gasteiger partial charge in [0.05, 0.1) is 24.4 Å². The number of unbranched alkanes of at least 4 members (excludes halogenated alkanes) is 3. The number of hydrogen-bond donors (Lipinski definition) is 3. The monoisotopic (exact) mass is 450 g/mol. The molecule has 0 aliphatic rings. The van der Waals surface area contributed by atoms with Gasteiger partial charge in [0, 0.05) is 13.0 Å². The number of hydrogen-bond acceptors (Lipinski definition) is 4. The summed E-state index contributed by atoms with van der Waals surface area (Å²) in [5.74, 6) is 0.148. The average Bonchev–Trinajstić information content (AvgIpc) is 3.13. The van der Waals surface area contributed by atoms with Gasteiger partial charge in [0.2, 0.25) is 0 Å². The van der Waals surface area contributed by atoms with E-state index in [-0.39, 0.29) is 23.0 Å². The van der Waals surface area contributed by atoms with Gasteiger partial charge in [-0.05, 0) is 42.9 Å². The van der Waals surface area contributed by atoms with E-state index >= 15 is 0 Å². The molecule has 0 bridgehead atoms. The molecule has 3 rings (SSSR count). The van der Waals surface area contributed by atoms with Crippen LogP contribution in [0.25, 0.3) is 10.2 Å². The van der Waals surface area contributed by atoms with Crippen molar-refractivity contribution in [2.75, 3.05) is 26.3 Å². The molecule has 0 spiro atoms. The highest BCUT2D eigenvalue weighted by molar-refractivity contribution is 7.16. The number of aromatic hydroxyl groups is 1. The van der Waals surface area contributed by atoms with E-state index in [9.17, 15) is 9.90 Å². The fourth-order valence-corrected chi connectivity index (χ4v) is 4.35. The summed E-state index contributed by atoms with van der Waals surface area (Å²) in [5.41, 5.74) is 3.04. The van der Waals surface area contributed by atoms with Gasteiger partial charge in [-0.3, -0.25) is 4.79 Å². The molecule has 164 valence electrons. The molecule has 0 unspecified atom stereocenters. The fourth-order valence-electron chi connectivity index (χ4n) is 3.45. The third-order valence-electron chi connectivity index (χ3n) is 5.08. The lowest BCUT2D eigenvalue weighted by molar-refractivity contribution is -0.654. The highest BCUT2D eigenvalue weighted by atomic mass is 35.5. The van der Waals surface area contributed by atoms with Gasteiger partial charge in [0.1, 0.15) is 11.3 Å². The van der Waals surface area contributed by atoms with Crippen LogP contribution in [0.2, 0.25) is 0 Å². The molecule has 0 aliphatic carbocycles. The lowest BCUT2D eigenvalue weighted by atomic mass is 10.1. The summed E-state index contributed by atoms with van der Waals surface area (Å²) in [5, 5.41) is 12.2. The summed E-state index contributed by atoms with van der Waals surface area (Å²) >= 11 is 1.18. The molecule has 0 saturated carbocycles. The molecule has 0 radical (unpaired) electrons. The number of nitrogens with two attached hydrogens (primary N) is 1. The number of thiazole rings is 1. The van der Waals surface area contributed by atoms with E-state index < -0.39 is 0 Å². The maximum Gasteiger partial charge on any atom is 0.305 e. The Morgan fingerprint density at radius 1 is 0.933 bits per heavy atom. The zero-order chi connectivity index (χ0) is 20.3. The van der Waals surface area contributed by atoms with Crippen LogP contribution >= 0.6 is 11.3 Å². The molecule has 0 fully saturated rings. The van der Waals surface area contributed by atoms with Gasteiger partial charge in [-0.2, -0.15) is 0 Å². The second-order valence-electron chi connectivity index (χ2n) is 7.34. The van der Waals surface area contributed by atoms with Crippen molar-refractivity contribution in [1.82, 2.24) is 4.98 Å². The minimum absolute atomic E-state index is 0. The number of ether oxygens (including phenoxy) is 1. The molecule has 0 saturated heterocycles. The summed E-state index contributed by atoms with van der Waals surface area (Å²) in [7, 11) is 0. The molecule has 1 heterocycles. The summed E-state index contributed by atoms with van der Waals surface area (Å²) in [6.45, 7) is 3.78. The number of quaternary nitrogens is 1. The first-order chi connectivity index (χ1) is 14.2.